The van der Waals surface area contributed by atoms with E-state index < -0.39 is 16.9 Å². The average molecular weight is 351 g/mol. The summed E-state index contributed by atoms with van der Waals surface area (Å²) in [5.74, 6) is -0.211. The quantitative estimate of drug-likeness (QED) is 0.464. The van der Waals surface area contributed by atoms with Crippen molar-refractivity contribution in [3.05, 3.63) is 57.5 Å². The zero-order valence-corrected chi connectivity index (χ0v) is 13.6. The molecule has 1 aromatic carbocycles. The number of non-ortho nitro benzene ring substituents is 1. The highest BCUT2D eigenvalue weighted by molar-refractivity contribution is 6.31. The summed E-state index contributed by atoms with van der Waals surface area (Å²) in [5, 5.41) is 13.7. The monoisotopic (exact) mass is 350 g/mol. The Labute approximate surface area is 143 Å². The number of rotatable bonds is 7. The number of carbonyl (C=O) groups excluding carboxylic acids is 1. The molecule has 126 valence electrons. The SMILES string of the molecule is CCOC(=O)[C@H](Cc1ccc([N+](=O)[O-])cc1)Nc1nccnc1Cl. The van der Waals surface area contributed by atoms with Crippen LogP contribution in [0.25, 0.3) is 0 Å². The molecule has 0 aliphatic carbocycles. The molecular formula is C15H15ClN4O4. The smallest absolute Gasteiger partial charge is 0.328 e. The summed E-state index contributed by atoms with van der Waals surface area (Å²) in [7, 11) is 0. The van der Waals surface area contributed by atoms with Crippen LogP contribution < -0.4 is 5.32 Å². The third kappa shape index (κ3) is 4.63. The standard InChI is InChI=1S/C15H15ClN4O4/c1-2-24-15(21)12(19-14-13(16)17-7-8-18-14)9-10-3-5-11(6-4-10)20(22)23/h3-8,12H,2,9H2,1H3,(H,18,19)/t12-/m0/s1. The fraction of sp³-hybridized carbons (Fsp3) is 0.267. The Balaban J connectivity index is 2.18. The van der Waals surface area contributed by atoms with Gasteiger partial charge in [0.15, 0.2) is 11.0 Å². The van der Waals surface area contributed by atoms with E-state index in [9.17, 15) is 14.9 Å². The number of esters is 1. The number of benzene rings is 1. The van der Waals surface area contributed by atoms with Crippen LogP contribution in [0.1, 0.15) is 12.5 Å². The lowest BCUT2D eigenvalue weighted by molar-refractivity contribution is -0.384. The van der Waals surface area contributed by atoms with Gasteiger partial charge < -0.3 is 10.1 Å². The first kappa shape index (κ1) is 17.6. The summed E-state index contributed by atoms with van der Waals surface area (Å²) in [4.78, 5) is 30.3. The second-order valence-electron chi connectivity index (χ2n) is 4.77. The van der Waals surface area contributed by atoms with Gasteiger partial charge in [-0.15, -0.1) is 0 Å². The van der Waals surface area contributed by atoms with Gasteiger partial charge in [-0.2, -0.15) is 0 Å². The van der Waals surface area contributed by atoms with E-state index in [4.69, 9.17) is 16.3 Å². The summed E-state index contributed by atoms with van der Waals surface area (Å²) < 4.78 is 5.05. The number of ether oxygens (including phenoxy) is 1. The van der Waals surface area contributed by atoms with Crippen molar-refractivity contribution < 1.29 is 14.5 Å². The Morgan fingerprint density at radius 1 is 1.33 bits per heavy atom. The van der Waals surface area contributed by atoms with Gasteiger partial charge in [-0.25, -0.2) is 14.8 Å². The van der Waals surface area contributed by atoms with Crippen LogP contribution in [0.5, 0.6) is 0 Å². The van der Waals surface area contributed by atoms with Crippen molar-refractivity contribution in [3.63, 3.8) is 0 Å². The summed E-state index contributed by atoms with van der Waals surface area (Å²) in [6, 6.07) is 5.19. The summed E-state index contributed by atoms with van der Waals surface area (Å²) in [6.45, 7) is 1.93. The molecular weight excluding hydrogens is 336 g/mol. The number of nitrogens with one attached hydrogen (secondary N) is 1. The summed E-state index contributed by atoms with van der Waals surface area (Å²) in [5.41, 5.74) is 0.711. The number of nitro benzene ring substituents is 1. The number of aromatic nitrogens is 2. The van der Waals surface area contributed by atoms with Gasteiger partial charge in [0.05, 0.1) is 11.5 Å². The molecule has 0 radical (unpaired) electrons. The maximum Gasteiger partial charge on any atom is 0.328 e. The molecule has 1 N–H and O–H groups in total. The molecule has 2 rings (SSSR count). The predicted molar refractivity (Wildman–Crippen MR) is 87.9 cm³/mol. The largest absolute Gasteiger partial charge is 0.464 e. The van der Waals surface area contributed by atoms with Crippen molar-refractivity contribution in [1.29, 1.82) is 0 Å². The van der Waals surface area contributed by atoms with Gasteiger partial charge in [-0.1, -0.05) is 23.7 Å². The van der Waals surface area contributed by atoms with E-state index in [0.29, 0.717) is 0 Å². The Hall–Kier alpha value is -2.74. The van der Waals surface area contributed by atoms with Gasteiger partial charge in [-0.05, 0) is 12.5 Å². The van der Waals surface area contributed by atoms with Crippen LogP contribution in [0.3, 0.4) is 0 Å². The molecule has 0 amide bonds. The summed E-state index contributed by atoms with van der Waals surface area (Å²) in [6.07, 6.45) is 3.13. The minimum Gasteiger partial charge on any atom is -0.464 e. The number of nitrogens with zero attached hydrogens (tertiary/aromatic N) is 3. The first-order valence-electron chi connectivity index (χ1n) is 7.14. The molecule has 24 heavy (non-hydrogen) atoms. The minimum atomic E-state index is -0.749. The van der Waals surface area contributed by atoms with Gasteiger partial charge in [0.2, 0.25) is 0 Å². The van der Waals surface area contributed by atoms with Gasteiger partial charge >= 0.3 is 5.97 Å². The minimum absolute atomic E-state index is 0.0173. The molecule has 0 saturated carbocycles. The van der Waals surface area contributed by atoms with E-state index in [1.54, 1.807) is 19.1 Å². The number of carbonyl (C=O) groups is 1. The first-order valence-corrected chi connectivity index (χ1v) is 7.52. The first-order chi connectivity index (χ1) is 11.5. The lowest BCUT2D eigenvalue weighted by Crippen LogP contribution is -2.34. The number of hydrogen-bond donors (Lipinski definition) is 1. The zero-order chi connectivity index (χ0) is 17.5. The molecule has 0 fully saturated rings. The lowest BCUT2D eigenvalue weighted by Gasteiger charge is -2.18. The summed E-state index contributed by atoms with van der Waals surface area (Å²) >= 11 is 5.95. The van der Waals surface area contributed by atoms with Gasteiger partial charge in [0.25, 0.3) is 5.69 Å². The molecule has 1 aromatic heterocycles. The molecule has 0 spiro atoms. The van der Waals surface area contributed by atoms with E-state index in [2.05, 4.69) is 15.3 Å². The van der Waals surface area contributed by atoms with E-state index in [1.165, 1.54) is 24.5 Å². The zero-order valence-electron chi connectivity index (χ0n) is 12.8. The molecule has 1 atom stereocenters. The van der Waals surface area contributed by atoms with Crippen LogP contribution in [-0.4, -0.2) is 33.5 Å². The van der Waals surface area contributed by atoms with Gasteiger partial charge in [0, 0.05) is 30.9 Å². The van der Waals surface area contributed by atoms with E-state index in [-0.39, 0.29) is 29.7 Å². The molecule has 0 bridgehead atoms. The Morgan fingerprint density at radius 3 is 2.58 bits per heavy atom. The molecule has 2 aromatic rings. The Kier molecular flexibility index (Phi) is 6.02. The number of nitro groups is 1. The molecule has 1 heterocycles. The third-order valence-corrected chi connectivity index (χ3v) is 3.40. The van der Waals surface area contributed by atoms with Gasteiger partial charge in [0.1, 0.15) is 6.04 Å². The number of halogens is 1. The number of anilines is 1. The maximum absolute atomic E-state index is 12.2. The van der Waals surface area contributed by atoms with Crippen molar-refractivity contribution >= 4 is 29.1 Å². The van der Waals surface area contributed by atoms with Crippen molar-refractivity contribution in [3.8, 4) is 0 Å². The fourth-order valence-electron chi connectivity index (χ4n) is 2.01. The topological polar surface area (TPSA) is 107 Å². The molecule has 0 aliphatic heterocycles. The average Bonchev–Trinajstić information content (AvgIpc) is 2.57. The second kappa shape index (κ2) is 8.21. The van der Waals surface area contributed by atoms with E-state index >= 15 is 0 Å². The normalized spacial score (nSPS) is 11.6. The van der Waals surface area contributed by atoms with Gasteiger partial charge in [-0.3, -0.25) is 10.1 Å². The van der Waals surface area contributed by atoms with Crippen LogP contribution >= 0.6 is 11.6 Å². The molecule has 9 heteroatoms. The highest BCUT2D eigenvalue weighted by atomic mass is 35.5. The fourth-order valence-corrected chi connectivity index (χ4v) is 2.17. The van der Waals surface area contributed by atoms with E-state index in [1.807, 2.05) is 0 Å². The molecule has 0 unspecified atom stereocenters. The highest BCUT2D eigenvalue weighted by Crippen LogP contribution is 2.18. The molecule has 0 aliphatic rings. The molecule has 8 nitrogen and oxygen atoms in total. The number of hydrogen-bond acceptors (Lipinski definition) is 7. The van der Waals surface area contributed by atoms with Crippen LogP contribution in [0.4, 0.5) is 11.5 Å². The van der Waals surface area contributed by atoms with Crippen LogP contribution in [0, 0.1) is 10.1 Å². The van der Waals surface area contributed by atoms with E-state index in [0.717, 1.165) is 5.56 Å². The van der Waals surface area contributed by atoms with Crippen molar-refractivity contribution in [2.45, 2.75) is 19.4 Å². The van der Waals surface area contributed by atoms with Crippen LogP contribution in [-0.2, 0) is 16.0 Å². The second-order valence-corrected chi connectivity index (χ2v) is 5.13. The Morgan fingerprint density at radius 2 is 2.00 bits per heavy atom. The lowest BCUT2D eigenvalue weighted by atomic mass is 10.1. The molecule has 0 saturated heterocycles. The predicted octanol–water partition coefficient (Wildman–Crippen LogP) is 2.62. The Bertz CT molecular complexity index is 724. The highest BCUT2D eigenvalue weighted by Gasteiger charge is 2.22. The van der Waals surface area contributed by atoms with Crippen LogP contribution in [0.2, 0.25) is 5.15 Å². The van der Waals surface area contributed by atoms with Crippen molar-refractivity contribution in [2.24, 2.45) is 0 Å². The van der Waals surface area contributed by atoms with Crippen LogP contribution in [0.15, 0.2) is 36.7 Å². The van der Waals surface area contributed by atoms with Crippen molar-refractivity contribution in [1.82, 2.24) is 9.97 Å². The third-order valence-electron chi connectivity index (χ3n) is 3.12. The maximum atomic E-state index is 12.2. The van der Waals surface area contributed by atoms with Crippen molar-refractivity contribution in [2.75, 3.05) is 11.9 Å².